The molecule has 2 heterocycles. The Kier molecular flexibility index (Phi) is 4.81. The Balaban J connectivity index is 1.63. The van der Waals surface area contributed by atoms with Crippen LogP contribution in [0.5, 0.6) is 0 Å². The second-order valence-electron chi connectivity index (χ2n) is 7.74. The number of likely N-dealkylation sites (tertiary alicyclic amines) is 1. The number of nitrogens with zero attached hydrogens (tertiary/aromatic N) is 2. The molecule has 1 aromatic carbocycles. The highest BCUT2D eigenvalue weighted by Gasteiger charge is 2.42. The monoisotopic (exact) mass is 333 g/mol. The fourth-order valence-electron chi connectivity index (χ4n) is 3.82. The van der Waals surface area contributed by atoms with E-state index in [2.05, 4.69) is 29.1 Å². The second kappa shape index (κ2) is 6.71. The summed E-state index contributed by atoms with van der Waals surface area (Å²) in [6.07, 6.45) is 2.30. The lowest BCUT2D eigenvalue weighted by Gasteiger charge is -2.30. The Bertz CT molecular complexity index is 608. The minimum absolute atomic E-state index is 0.150. The molecule has 0 bridgehead atoms. The summed E-state index contributed by atoms with van der Waals surface area (Å²) >= 11 is 0. The topological polar surface area (TPSA) is 36.9 Å². The van der Waals surface area contributed by atoms with Gasteiger partial charge in [-0.05, 0) is 24.5 Å². The molecule has 1 unspecified atom stereocenters. The predicted molar refractivity (Wildman–Crippen MR) is 94.8 cm³/mol. The van der Waals surface area contributed by atoms with E-state index in [1.54, 1.807) is 6.07 Å². The fourth-order valence-corrected chi connectivity index (χ4v) is 3.82. The molecule has 1 spiro atoms. The molecule has 3 rings (SSSR count). The number of hydrogen-bond donors (Lipinski definition) is 1. The van der Waals surface area contributed by atoms with E-state index in [9.17, 15) is 4.39 Å². The first kappa shape index (κ1) is 17.2. The van der Waals surface area contributed by atoms with E-state index in [1.807, 2.05) is 19.2 Å². The Morgan fingerprint density at radius 2 is 2.17 bits per heavy atom. The first-order valence-corrected chi connectivity index (χ1v) is 8.74. The second-order valence-corrected chi connectivity index (χ2v) is 7.74. The van der Waals surface area contributed by atoms with Crippen LogP contribution in [-0.4, -0.2) is 50.8 Å². The van der Waals surface area contributed by atoms with Gasteiger partial charge in [0, 0.05) is 44.1 Å². The van der Waals surface area contributed by atoms with Gasteiger partial charge in [-0.25, -0.2) is 4.39 Å². The fraction of sp³-hybridized carbons (Fsp3) is 0.632. The van der Waals surface area contributed by atoms with Crippen LogP contribution in [0.2, 0.25) is 0 Å². The van der Waals surface area contributed by atoms with E-state index >= 15 is 0 Å². The van der Waals surface area contributed by atoms with Gasteiger partial charge in [-0.1, -0.05) is 32.0 Å². The zero-order valence-corrected chi connectivity index (χ0v) is 14.9. The first-order valence-electron chi connectivity index (χ1n) is 8.74. The van der Waals surface area contributed by atoms with Crippen LogP contribution in [0.3, 0.4) is 0 Å². The van der Waals surface area contributed by atoms with E-state index in [4.69, 9.17) is 4.74 Å². The van der Waals surface area contributed by atoms with Crippen LogP contribution >= 0.6 is 0 Å². The summed E-state index contributed by atoms with van der Waals surface area (Å²) in [5.74, 6) is 0.755. The van der Waals surface area contributed by atoms with Crippen LogP contribution in [0.15, 0.2) is 29.3 Å². The number of guanidine groups is 1. The maximum Gasteiger partial charge on any atom is 0.193 e. The summed E-state index contributed by atoms with van der Waals surface area (Å²) in [6, 6.07) is 7.00. The van der Waals surface area contributed by atoms with Gasteiger partial charge in [0.1, 0.15) is 5.82 Å². The minimum atomic E-state index is -0.310. The molecule has 2 aliphatic rings. The van der Waals surface area contributed by atoms with Crippen molar-refractivity contribution in [3.63, 3.8) is 0 Å². The summed E-state index contributed by atoms with van der Waals surface area (Å²) in [6.45, 7) is 8.49. The van der Waals surface area contributed by atoms with E-state index in [1.165, 1.54) is 6.07 Å². The Morgan fingerprint density at radius 3 is 2.83 bits per heavy atom. The predicted octanol–water partition coefficient (Wildman–Crippen LogP) is 2.79. The minimum Gasteiger partial charge on any atom is -0.381 e. The van der Waals surface area contributed by atoms with Crippen LogP contribution in [-0.2, 0) is 10.2 Å². The molecule has 132 valence electrons. The lowest BCUT2D eigenvalue weighted by atomic mass is 9.84. The number of aliphatic imine (C=N–C) groups is 1. The molecule has 0 amide bonds. The molecule has 1 N–H and O–H groups in total. The summed E-state index contributed by atoms with van der Waals surface area (Å²) in [7, 11) is 1.81. The van der Waals surface area contributed by atoms with Crippen molar-refractivity contribution in [3.05, 3.63) is 35.6 Å². The van der Waals surface area contributed by atoms with Crippen molar-refractivity contribution in [1.29, 1.82) is 0 Å². The SMILES string of the molecule is CN=C(NCC(C)(C)c1ccccc1F)N1CCC2(CCOC2)C1. The highest BCUT2D eigenvalue weighted by atomic mass is 19.1. The molecular weight excluding hydrogens is 305 g/mol. The van der Waals surface area contributed by atoms with Crippen molar-refractivity contribution in [2.45, 2.75) is 32.1 Å². The van der Waals surface area contributed by atoms with Gasteiger partial charge in [0.15, 0.2) is 5.96 Å². The number of halogens is 1. The molecule has 2 fully saturated rings. The summed E-state index contributed by atoms with van der Waals surface area (Å²) < 4.78 is 19.7. The van der Waals surface area contributed by atoms with E-state index in [0.29, 0.717) is 12.0 Å². The molecular formula is C19H28FN3O. The third kappa shape index (κ3) is 3.41. The Hall–Kier alpha value is -1.62. The van der Waals surface area contributed by atoms with Gasteiger partial charge in [0.25, 0.3) is 0 Å². The quantitative estimate of drug-likeness (QED) is 0.683. The normalized spacial score (nSPS) is 24.8. The molecule has 2 saturated heterocycles. The van der Waals surface area contributed by atoms with Crippen LogP contribution in [0.4, 0.5) is 4.39 Å². The third-order valence-corrected chi connectivity index (χ3v) is 5.43. The molecule has 1 aromatic rings. The van der Waals surface area contributed by atoms with Crippen LogP contribution in [0, 0.1) is 11.2 Å². The Morgan fingerprint density at radius 1 is 1.38 bits per heavy atom. The zero-order valence-electron chi connectivity index (χ0n) is 14.9. The Labute approximate surface area is 144 Å². The van der Waals surface area contributed by atoms with Gasteiger partial charge in [-0.3, -0.25) is 4.99 Å². The van der Waals surface area contributed by atoms with E-state index < -0.39 is 0 Å². The van der Waals surface area contributed by atoms with E-state index in [-0.39, 0.29) is 11.2 Å². The number of nitrogens with one attached hydrogen (secondary N) is 1. The van der Waals surface area contributed by atoms with Crippen molar-refractivity contribution in [2.24, 2.45) is 10.4 Å². The van der Waals surface area contributed by atoms with Crippen molar-refractivity contribution in [3.8, 4) is 0 Å². The number of hydrogen-bond acceptors (Lipinski definition) is 2. The molecule has 24 heavy (non-hydrogen) atoms. The summed E-state index contributed by atoms with van der Waals surface area (Å²) in [4.78, 5) is 6.75. The number of ether oxygens (including phenoxy) is 1. The smallest absolute Gasteiger partial charge is 0.193 e. The lowest BCUT2D eigenvalue weighted by molar-refractivity contribution is 0.156. The third-order valence-electron chi connectivity index (χ3n) is 5.43. The average Bonchev–Trinajstić information content (AvgIpc) is 3.19. The number of benzene rings is 1. The van der Waals surface area contributed by atoms with Crippen LogP contribution in [0.25, 0.3) is 0 Å². The first-order chi connectivity index (χ1) is 11.5. The van der Waals surface area contributed by atoms with Crippen LogP contribution in [0.1, 0.15) is 32.3 Å². The van der Waals surface area contributed by atoms with Gasteiger partial charge in [0.2, 0.25) is 0 Å². The van der Waals surface area contributed by atoms with Gasteiger partial charge >= 0.3 is 0 Å². The summed E-state index contributed by atoms with van der Waals surface area (Å²) in [5, 5.41) is 3.45. The number of rotatable bonds is 3. The molecule has 2 aliphatic heterocycles. The van der Waals surface area contributed by atoms with Gasteiger partial charge in [-0.15, -0.1) is 0 Å². The van der Waals surface area contributed by atoms with E-state index in [0.717, 1.165) is 50.7 Å². The maximum absolute atomic E-state index is 14.1. The highest BCUT2D eigenvalue weighted by molar-refractivity contribution is 5.80. The van der Waals surface area contributed by atoms with Gasteiger partial charge < -0.3 is 15.0 Å². The average molecular weight is 333 g/mol. The van der Waals surface area contributed by atoms with Crippen molar-refractivity contribution in [2.75, 3.05) is 39.9 Å². The zero-order chi connectivity index (χ0) is 17.2. The largest absolute Gasteiger partial charge is 0.381 e. The molecule has 0 radical (unpaired) electrons. The van der Waals surface area contributed by atoms with Gasteiger partial charge in [-0.2, -0.15) is 0 Å². The standard InChI is InChI=1S/C19H28FN3O/c1-18(2,15-6-4-5-7-16(15)20)12-22-17(21-3)23-10-8-19(13-23)9-11-24-14-19/h4-7H,8-14H2,1-3H3,(H,21,22). The lowest BCUT2D eigenvalue weighted by Crippen LogP contribution is -2.46. The molecule has 0 aromatic heterocycles. The summed E-state index contributed by atoms with van der Waals surface area (Å²) in [5.41, 5.74) is 0.725. The molecule has 4 nitrogen and oxygen atoms in total. The molecule has 1 atom stereocenters. The maximum atomic E-state index is 14.1. The van der Waals surface area contributed by atoms with Gasteiger partial charge in [0.05, 0.1) is 6.61 Å². The van der Waals surface area contributed by atoms with Crippen molar-refractivity contribution in [1.82, 2.24) is 10.2 Å². The van der Waals surface area contributed by atoms with Crippen molar-refractivity contribution < 1.29 is 9.13 Å². The molecule has 0 saturated carbocycles. The molecule has 5 heteroatoms. The van der Waals surface area contributed by atoms with Crippen LogP contribution < -0.4 is 5.32 Å². The molecule has 0 aliphatic carbocycles. The highest BCUT2D eigenvalue weighted by Crippen LogP contribution is 2.38. The van der Waals surface area contributed by atoms with Crippen molar-refractivity contribution >= 4 is 5.96 Å².